The molecule has 1 aliphatic rings. The van der Waals surface area contributed by atoms with Gasteiger partial charge in [-0.15, -0.1) is 0 Å². The molecule has 174 valence electrons. The van der Waals surface area contributed by atoms with E-state index in [0.29, 0.717) is 24.4 Å². The molecule has 0 radical (unpaired) electrons. The number of ketones is 1. The van der Waals surface area contributed by atoms with Gasteiger partial charge >= 0.3 is 0 Å². The van der Waals surface area contributed by atoms with Crippen LogP contribution in [0, 0.1) is 18.6 Å². The summed E-state index contributed by atoms with van der Waals surface area (Å²) in [5.74, 6) is -2.11. The Morgan fingerprint density at radius 2 is 2.00 bits per heavy atom. The number of likely N-dealkylation sites (N-methyl/N-ethyl adjacent to an activating group) is 1. The van der Waals surface area contributed by atoms with Crippen molar-refractivity contribution in [1.29, 1.82) is 0 Å². The van der Waals surface area contributed by atoms with Gasteiger partial charge in [0.1, 0.15) is 17.3 Å². The molecular weight excluding hydrogens is 426 g/mol. The zero-order valence-corrected chi connectivity index (χ0v) is 19.3. The number of halogens is 2. The first-order valence-electron chi connectivity index (χ1n) is 10.9. The number of morpholine rings is 1. The van der Waals surface area contributed by atoms with Crippen LogP contribution in [0.5, 0.6) is 0 Å². The maximum Gasteiger partial charge on any atom is 0.187 e. The molecule has 2 aromatic heterocycles. The van der Waals surface area contributed by atoms with Crippen molar-refractivity contribution in [3.63, 3.8) is 0 Å². The van der Waals surface area contributed by atoms with E-state index in [4.69, 9.17) is 4.74 Å². The minimum absolute atomic E-state index is 0.0507. The number of hydrogen-bond donors (Lipinski definition) is 0. The number of carbonyl (C=O) groups excluding carboxylic acids is 1. The van der Waals surface area contributed by atoms with Gasteiger partial charge in [-0.25, -0.2) is 13.8 Å². The second kappa shape index (κ2) is 9.41. The van der Waals surface area contributed by atoms with Crippen LogP contribution in [0.1, 0.15) is 21.6 Å². The average molecular weight is 455 g/mol. The number of pyridine rings is 1. The van der Waals surface area contributed by atoms with Crippen LogP contribution in [0.2, 0.25) is 0 Å². The van der Waals surface area contributed by atoms with Crippen molar-refractivity contribution in [3.05, 3.63) is 71.2 Å². The van der Waals surface area contributed by atoms with E-state index in [1.807, 2.05) is 36.7 Å². The predicted octanol–water partition coefficient (Wildman–Crippen LogP) is 3.72. The lowest BCUT2D eigenvalue weighted by atomic mass is 10.0. The van der Waals surface area contributed by atoms with E-state index < -0.39 is 17.4 Å². The van der Waals surface area contributed by atoms with Crippen LogP contribution in [0.3, 0.4) is 0 Å². The molecule has 1 fully saturated rings. The van der Waals surface area contributed by atoms with Crippen molar-refractivity contribution in [2.45, 2.75) is 19.4 Å². The summed E-state index contributed by atoms with van der Waals surface area (Å²) >= 11 is 0. The summed E-state index contributed by atoms with van der Waals surface area (Å²) in [5, 5.41) is 0. The number of benzene rings is 1. The lowest BCUT2D eigenvalue weighted by Gasteiger charge is -2.30. The fraction of sp³-hybridized carbons (Fsp3) is 0.360. The fourth-order valence-electron chi connectivity index (χ4n) is 4.05. The van der Waals surface area contributed by atoms with Crippen molar-refractivity contribution in [3.8, 4) is 11.3 Å². The molecule has 0 spiro atoms. The Kier molecular flexibility index (Phi) is 6.58. The number of aromatic nitrogens is 2. The largest absolute Gasteiger partial charge is 0.383 e. The van der Waals surface area contributed by atoms with Gasteiger partial charge in [-0.05, 0) is 43.8 Å². The highest BCUT2D eigenvalue weighted by atomic mass is 19.1. The highest BCUT2D eigenvalue weighted by Crippen LogP contribution is 2.32. The molecular formula is C25H28F2N4O2. The van der Waals surface area contributed by atoms with Gasteiger partial charge < -0.3 is 18.9 Å². The van der Waals surface area contributed by atoms with E-state index in [2.05, 4.69) is 9.88 Å². The van der Waals surface area contributed by atoms with E-state index in [-0.39, 0.29) is 22.9 Å². The molecule has 0 amide bonds. The molecule has 4 rings (SSSR count). The molecule has 1 unspecified atom stereocenters. The highest BCUT2D eigenvalue weighted by Gasteiger charge is 2.26. The Bertz CT molecular complexity index is 1200. The van der Waals surface area contributed by atoms with Gasteiger partial charge in [0.15, 0.2) is 5.78 Å². The second-order valence-corrected chi connectivity index (χ2v) is 8.76. The molecule has 0 saturated carbocycles. The lowest BCUT2D eigenvalue weighted by molar-refractivity contribution is -0.0190. The third kappa shape index (κ3) is 4.96. The molecule has 0 bridgehead atoms. The third-order valence-electron chi connectivity index (χ3n) is 5.73. The molecule has 8 heteroatoms. The maximum absolute atomic E-state index is 15.3. The first kappa shape index (κ1) is 23.1. The number of fused-ring (bicyclic) bond motifs is 1. The van der Waals surface area contributed by atoms with Crippen LogP contribution in [-0.4, -0.2) is 71.9 Å². The molecule has 1 saturated heterocycles. The van der Waals surface area contributed by atoms with Crippen LogP contribution in [0.4, 0.5) is 8.78 Å². The van der Waals surface area contributed by atoms with Crippen molar-refractivity contribution in [2.75, 3.05) is 40.8 Å². The number of carbonyl (C=O) groups is 1. The smallest absolute Gasteiger partial charge is 0.187 e. The lowest BCUT2D eigenvalue weighted by Crippen LogP contribution is -2.41. The van der Waals surface area contributed by atoms with Crippen LogP contribution in [0.25, 0.3) is 16.9 Å². The molecule has 0 aliphatic carbocycles. The third-order valence-corrected chi connectivity index (χ3v) is 5.73. The highest BCUT2D eigenvalue weighted by molar-refractivity contribution is 6.04. The van der Waals surface area contributed by atoms with Gasteiger partial charge in [-0.1, -0.05) is 0 Å². The number of allylic oxidation sites excluding steroid dienone is 1. The van der Waals surface area contributed by atoms with Gasteiger partial charge in [0.05, 0.1) is 29.7 Å². The summed E-state index contributed by atoms with van der Waals surface area (Å²) in [6.45, 7) is 4.11. The molecule has 33 heavy (non-hydrogen) atoms. The van der Waals surface area contributed by atoms with E-state index in [0.717, 1.165) is 30.8 Å². The van der Waals surface area contributed by atoms with Crippen LogP contribution < -0.4 is 0 Å². The summed E-state index contributed by atoms with van der Waals surface area (Å²) in [4.78, 5) is 20.8. The van der Waals surface area contributed by atoms with Crippen molar-refractivity contribution in [1.82, 2.24) is 19.2 Å². The molecule has 6 nitrogen and oxygen atoms in total. The predicted molar refractivity (Wildman–Crippen MR) is 123 cm³/mol. The standard InChI is InChI=1S/C25H28F2N4O2/c1-16-5-8-31-21(14-18-15-30(4)9-10-33-18)25(28-23(31)11-16)24-19(26)12-17(13-20(24)27)22(32)6-7-29(2)3/h5-8,11-13,18H,9-10,14-15H2,1-4H3/b7-6+. The number of imidazole rings is 1. The number of ether oxygens (including phenoxy) is 1. The maximum atomic E-state index is 15.3. The van der Waals surface area contributed by atoms with Gasteiger partial charge in [-0.3, -0.25) is 4.79 Å². The first-order valence-corrected chi connectivity index (χ1v) is 10.9. The monoisotopic (exact) mass is 454 g/mol. The Morgan fingerprint density at radius 3 is 2.67 bits per heavy atom. The van der Waals surface area contributed by atoms with Crippen molar-refractivity contribution in [2.24, 2.45) is 0 Å². The summed E-state index contributed by atoms with van der Waals surface area (Å²) in [5.41, 5.74) is 2.23. The van der Waals surface area contributed by atoms with E-state index in [1.54, 1.807) is 19.0 Å². The van der Waals surface area contributed by atoms with E-state index in [9.17, 15) is 4.79 Å². The SMILES string of the molecule is Cc1ccn2c(CC3CN(C)CCO3)c(-c3c(F)cc(C(=O)/C=C/N(C)C)cc3F)nc2c1. The Labute approximate surface area is 192 Å². The van der Waals surface area contributed by atoms with Crippen LogP contribution in [-0.2, 0) is 11.2 Å². The van der Waals surface area contributed by atoms with Crippen LogP contribution in [0.15, 0.2) is 42.7 Å². The van der Waals surface area contributed by atoms with Gasteiger partial charge in [0, 0.05) is 57.6 Å². The molecule has 3 heterocycles. The van der Waals surface area contributed by atoms with Gasteiger partial charge in [0.2, 0.25) is 0 Å². The average Bonchev–Trinajstić information content (AvgIpc) is 3.08. The summed E-state index contributed by atoms with van der Waals surface area (Å²) in [6.07, 6.45) is 5.02. The topological polar surface area (TPSA) is 50.1 Å². The Hall–Kier alpha value is -3.10. The van der Waals surface area contributed by atoms with Crippen molar-refractivity contribution >= 4 is 11.4 Å². The molecule has 1 aliphatic heterocycles. The molecule has 0 N–H and O–H groups in total. The summed E-state index contributed by atoms with van der Waals surface area (Å²) < 4.78 is 38.3. The molecule has 1 atom stereocenters. The summed E-state index contributed by atoms with van der Waals surface area (Å²) in [7, 11) is 5.54. The zero-order chi connectivity index (χ0) is 23.7. The van der Waals surface area contributed by atoms with E-state index >= 15 is 8.78 Å². The minimum atomic E-state index is -0.820. The Balaban J connectivity index is 1.79. The Morgan fingerprint density at radius 1 is 1.27 bits per heavy atom. The minimum Gasteiger partial charge on any atom is -0.383 e. The van der Waals surface area contributed by atoms with E-state index in [1.165, 1.54) is 12.3 Å². The normalized spacial score (nSPS) is 17.2. The fourth-order valence-corrected chi connectivity index (χ4v) is 4.05. The summed E-state index contributed by atoms with van der Waals surface area (Å²) in [6, 6.07) is 5.96. The number of aryl methyl sites for hydroxylation is 1. The van der Waals surface area contributed by atoms with Crippen molar-refractivity contribution < 1.29 is 18.3 Å². The quantitative estimate of drug-likeness (QED) is 0.420. The second-order valence-electron chi connectivity index (χ2n) is 8.76. The molecule has 1 aromatic carbocycles. The zero-order valence-electron chi connectivity index (χ0n) is 19.3. The number of hydrogen-bond acceptors (Lipinski definition) is 5. The first-order chi connectivity index (χ1) is 15.7. The van der Waals surface area contributed by atoms with Gasteiger partial charge in [0.25, 0.3) is 0 Å². The molecule has 3 aromatic rings. The van der Waals surface area contributed by atoms with Crippen LogP contribution >= 0.6 is 0 Å². The number of nitrogens with zero attached hydrogens (tertiary/aromatic N) is 4. The van der Waals surface area contributed by atoms with Gasteiger partial charge in [-0.2, -0.15) is 0 Å². The number of rotatable bonds is 6.